The number of rotatable bonds is 7. The molecule has 3 rings (SSSR count). The molecule has 2 aromatic rings. The second kappa shape index (κ2) is 7.79. The quantitative estimate of drug-likeness (QED) is 0.786. The lowest BCUT2D eigenvalue weighted by molar-refractivity contribution is 0.120. The molecule has 134 valence electrons. The SMILES string of the molecule is CCc1ccc(S(=O)(=O)Nc2ccc(NCC3CCCO3)nn2)cc1. The summed E-state index contributed by atoms with van der Waals surface area (Å²) in [7, 11) is -3.67. The van der Waals surface area contributed by atoms with E-state index in [1.807, 2.05) is 6.92 Å². The number of hydrogen-bond acceptors (Lipinski definition) is 6. The third-order valence-corrected chi connectivity index (χ3v) is 5.45. The maximum Gasteiger partial charge on any atom is 0.263 e. The summed E-state index contributed by atoms with van der Waals surface area (Å²) in [6.45, 7) is 3.49. The van der Waals surface area contributed by atoms with E-state index in [9.17, 15) is 8.42 Å². The summed E-state index contributed by atoms with van der Waals surface area (Å²) in [6.07, 6.45) is 3.18. The number of hydrogen-bond donors (Lipinski definition) is 2. The van der Waals surface area contributed by atoms with Crippen LogP contribution in [0.5, 0.6) is 0 Å². The lowest BCUT2D eigenvalue weighted by atomic mass is 10.2. The van der Waals surface area contributed by atoms with Crippen molar-refractivity contribution in [3.63, 3.8) is 0 Å². The number of aromatic nitrogens is 2. The van der Waals surface area contributed by atoms with Crippen LogP contribution < -0.4 is 10.0 Å². The second-order valence-corrected chi connectivity index (χ2v) is 7.61. The fourth-order valence-corrected chi connectivity index (χ4v) is 3.60. The molecule has 1 saturated heterocycles. The molecule has 0 aliphatic carbocycles. The fourth-order valence-electron chi connectivity index (χ4n) is 2.61. The molecule has 1 unspecified atom stereocenters. The van der Waals surface area contributed by atoms with Gasteiger partial charge in [-0.15, -0.1) is 10.2 Å². The lowest BCUT2D eigenvalue weighted by Crippen LogP contribution is -2.19. The van der Waals surface area contributed by atoms with Crippen molar-refractivity contribution in [1.82, 2.24) is 10.2 Å². The highest BCUT2D eigenvalue weighted by molar-refractivity contribution is 7.92. The molecule has 7 nitrogen and oxygen atoms in total. The van der Waals surface area contributed by atoms with Gasteiger partial charge in [0.2, 0.25) is 0 Å². The highest BCUT2D eigenvalue weighted by Crippen LogP contribution is 2.16. The van der Waals surface area contributed by atoms with Gasteiger partial charge in [-0.25, -0.2) is 8.42 Å². The van der Waals surface area contributed by atoms with E-state index >= 15 is 0 Å². The number of anilines is 2. The minimum absolute atomic E-state index is 0.183. The van der Waals surface area contributed by atoms with E-state index in [1.165, 1.54) is 0 Å². The molecule has 1 aliphatic heterocycles. The van der Waals surface area contributed by atoms with Gasteiger partial charge < -0.3 is 10.1 Å². The van der Waals surface area contributed by atoms with Gasteiger partial charge in [0.05, 0.1) is 11.0 Å². The summed E-state index contributed by atoms with van der Waals surface area (Å²) in [5.41, 5.74) is 1.08. The van der Waals surface area contributed by atoms with Crippen LogP contribution in [-0.2, 0) is 21.2 Å². The van der Waals surface area contributed by atoms with Crippen LogP contribution in [0.15, 0.2) is 41.3 Å². The first-order chi connectivity index (χ1) is 12.1. The first kappa shape index (κ1) is 17.6. The van der Waals surface area contributed by atoms with Crippen molar-refractivity contribution in [3.05, 3.63) is 42.0 Å². The molecule has 0 radical (unpaired) electrons. The molecule has 2 N–H and O–H groups in total. The standard InChI is InChI=1S/C17H22N4O3S/c1-2-13-5-7-15(8-6-13)25(22,23)21-17-10-9-16(19-20-17)18-12-14-4-3-11-24-14/h5-10,14H,2-4,11-12H2,1H3,(H,18,19)(H,20,21). The Hall–Kier alpha value is -2.19. The van der Waals surface area contributed by atoms with Gasteiger partial charge in [0.15, 0.2) is 5.82 Å². The summed E-state index contributed by atoms with van der Waals surface area (Å²) in [6, 6.07) is 10.1. The molecule has 0 spiro atoms. The Bertz CT molecular complexity index is 786. The third kappa shape index (κ3) is 4.67. The van der Waals surface area contributed by atoms with Crippen LogP contribution in [0.25, 0.3) is 0 Å². The van der Waals surface area contributed by atoms with Crippen molar-refractivity contribution in [1.29, 1.82) is 0 Å². The molecule has 1 aliphatic rings. The summed E-state index contributed by atoms with van der Waals surface area (Å²) >= 11 is 0. The van der Waals surface area contributed by atoms with E-state index in [0.717, 1.165) is 31.4 Å². The first-order valence-electron chi connectivity index (χ1n) is 8.38. The van der Waals surface area contributed by atoms with Gasteiger partial charge in [-0.3, -0.25) is 4.72 Å². The normalized spacial score (nSPS) is 17.4. The van der Waals surface area contributed by atoms with Gasteiger partial charge in [-0.05, 0) is 49.1 Å². The highest BCUT2D eigenvalue weighted by Gasteiger charge is 2.16. The smallest absolute Gasteiger partial charge is 0.263 e. The summed E-state index contributed by atoms with van der Waals surface area (Å²) < 4.78 is 32.7. The summed E-state index contributed by atoms with van der Waals surface area (Å²) in [4.78, 5) is 0.201. The monoisotopic (exact) mass is 362 g/mol. The molecule has 0 bridgehead atoms. The summed E-state index contributed by atoms with van der Waals surface area (Å²) in [5.74, 6) is 0.771. The molecule has 1 aromatic heterocycles. The van der Waals surface area contributed by atoms with E-state index in [1.54, 1.807) is 36.4 Å². The Balaban J connectivity index is 1.61. The van der Waals surface area contributed by atoms with Crippen LogP contribution in [0.3, 0.4) is 0 Å². The summed E-state index contributed by atoms with van der Waals surface area (Å²) in [5, 5.41) is 11.1. The molecule has 2 heterocycles. The van der Waals surface area contributed by atoms with Crippen LogP contribution in [0, 0.1) is 0 Å². The van der Waals surface area contributed by atoms with Crippen LogP contribution in [0.1, 0.15) is 25.3 Å². The second-order valence-electron chi connectivity index (χ2n) is 5.92. The van der Waals surface area contributed by atoms with E-state index in [-0.39, 0.29) is 16.8 Å². The Kier molecular flexibility index (Phi) is 5.50. The fraction of sp³-hybridized carbons (Fsp3) is 0.412. The first-order valence-corrected chi connectivity index (χ1v) is 9.86. The average molecular weight is 362 g/mol. The zero-order valence-corrected chi connectivity index (χ0v) is 14.9. The molecule has 1 aromatic carbocycles. The minimum atomic E-state index is -3.67. The average Bonchev–Trinajstić information content (AvgIpc) is 3.14. The van der Waals surface area contributed by atoms with Crippen molar-refractivity contribution in [2.24, 2.45) is 0 Å². The molecular weight excluding hydrogens is 340 g/mol. The predicted octanol–water partition coefficient (Wildman–Crippen LogP) is 2.43. The van der Waals surface area contributed by atoms with Crippen molar-refractivity contribution < 1.29 is 13.2 Å². The number of aryl methyl sites for hydroxylation is 1. The molecule has 0 saturated carbocycles. The molecule has 1 atom stereocenters. The van der Waals surface area contributed by atoms with Gasteiger partial charge in [-0.1, -0.05) is 19.1 Å². The molecular formula is C17H22N4O3S. The Morgan fingerprint density at radius 1 is 1.12 bits per heavy atom. The van der Waals surface area contributed by atoms with Gasteiger partial charge in [0.1, 0.15) is 5.82 Å². The molecule has 25 heavy (non-hydrogen) atoms. The van der Waals surface area contributed by atoms with Crippen molar-refractivity contribution in [2.45, 2.75) is 37.2 Å². The minimum Gasteiger partial charge on any atom is -0.376 e. The van der Waals surface area contributed by atoms with Crippen molar-refractivity contribution in [2.75, 3.05) is 23.2 Å². The van der Waals surface area contributed by atoms with Crippen LogP contribution >= 0.6 is 0 Å². The lowest BCUT2D eigenvalue weighted by Gasteiger charge is -2.11. The zero-order valence-electron chi connectivity index (χ0n) is 14.1. The van der Waals surface area contributed by atoms with E-state index in [0.29, 0.717) is 12.4 Å². The van der Waals surface area contributed by atoms with Gasteiger partial charge >= 0.3 is 0 Å². The molecule has 1 fully saturated rings. The largest absolute Gasteiger partial charge is 0.376 e. The van der Waals surface area contributed by atoms with Crippen LogP contribution in [-0.4, -0.2) is 37.9 Å². The zero-order chi connectivity index (χ0) is 17.7. The molecule has 8 heteroatoms. The van der Waals surface area contributed by atoms with Gasteiger partial charge in [0, 0.05) is 13.2 Å². The Morgan fingerprint density at radius 3 is 2.44 bits per heavy atom. The molecule has 0 amide bonds. The van der Waals surface area contributed by atoms with Crippen LogP contribution in [0.4, 0.5) is 11.6 Å². The van der Waals surface area contributed by atoms with E-state index in [4.69, 9.17) is 4.74 Å². The number of ether oxygens (including phenoxy) is 1. The topological polar surface area (TPSA) is 93.2 Å². The maximum absolute atomic E-state index is 12.4. The third-order valence-electron chi connectivity index (χ3n) is 4.08. The van der Waals surface area contributed by atoms with Gasteiger partial charge in [-0.2, -0.15) is 0 Å². The van der Waals surface area contributed by atoms with E-state index < -0.39 is 10.0 Å². The Morgan fingerprint density at radius 2 is 1.84 bits per heavy atom. The number of nitrogens with one attached hydrogen (secondary N) is 2. The maximum atomic E-state index is 12.4. The van der Waals surface area contributed by atoms with Gasteiger partial charge in [0.25, 0.3) is 10.0 Å². The highest BCUT2D eigenvalue weighted by atomic mass is 32.2. The number of nitrogens with zero attached hydrogens (tertiary/aromatic N) is 2. The van der Waals surface area contributed by atoms with Crippen molar-refractivity contribution in [3.8, 4) is 0 Å². The number of benzene rings is 1. The predicted molar refractivity (Wildman–Crippen MR) is 96.1 cm³/mol. The van der Waals surface area contributed by atoms with E-state index in [2.05, 4.69) is 20.2 Å². The van der Waals surface area contributed by atoms with Crippen LogP contribution in [0.2, 0.25) is 0 Å². The number of sulfonamides is 1. The Labute approximate surface area is 147 Å². The van der Waals surface area contributed by atoms with Crippen molar-refractivity contribution >= 4 is 21.7 Å².